The van der Waals surface area contributed by atoms with Gasteiger partial charge in [0.25, 0.3) is 0 Å². The highest BCUT2D eigenvalue weighted by atomic mass is 19.1. The molecule has 0 aliphatic heterocycles. The van der Waals surface area contributed by atoms with Crippen LogP contribution < -0.4 is 5.32 Å². The van der Waals surface area contributed by atoms with E-state index in [2.05, 4.69) is 10.1 Å². The third-order valence-electron chi connectivity index (χ3n) is 2.08. The Morgan fingerprint density at radius 1 is 1.29 bits per heavy atom. The molecule has 1 N–H and O–H groups in total. The summed E-state index contributed by atoms with van der Waals surface area (Å²) in [4.78, 5) is 11.0. The lowest BCUT2D eigenvalue weighted by molar-refractivity contribution is -0.124. The molecule has 1 amide bonds. The summed E-state index contributed by atoms with van der Waals surface area (Å²) in [6, 6.07) is 1.21. The monoisotopic (exact) mass is 247 g/mol. The van der Waals surface area contributed by atoms with Crippen molar-refractivity contribution in [3.63, 3.8) is 0 Å². The second-order valence-corrected chi connectivity index (χ2v) is 3.38. The average molecular weight is 247 g/mol. The van der Waals surface area contributed by atoms with Crippen LogP contribution in [-0.4, -0.2) is 26.2 Å². The summed E-state index contributed by atoms with van der Waals surface area (Å²) in [6.45, 7) is -0.0595. The summed E-state index contributed by atoms with van der Waals surface area (Å²) in [6.07, 6.45) is -0.0482. The highest BCUT2D eigenvalue weighted by Gasteiger charge is 2.11. The van der Waals surface area contributed by atoms with Crippen molar-refractivity contribution < 1.29 is 22.7 Å². The number of hydrogen-bond donors (Lipinski definition) is 1. The normalized spacial score (nSPS) is 10.4. The van der Waals surface area contributed by atoms with E-state index in [1.54, 1.807) is 0 Å². The molecule has 0 saturated carbocycles. The van der Waals surface area contributed by atoms with E-state index in [-0.39, 0.29) is 31.0 Å². The molecular formula is C11H12F3NO2. The number of carbonyl (C=O) groups is 1. The van der Waals surface area contributed by atoms with Gasteiger partial charge in [-0.1, -0.05) is 0 Å². The van der Waals surface area contributed by atoms with Gasteiger partial charge in [0.05, 0.1) is 0 Å². The second kappa shape index (κ2) is 6.24. The van der Waals surface area contributed by atoms with Gasteiger partial charge >= 0.3 is 0 Å². The van der Waals surface area contributed by atoms with Crippen molar-refractivity contribution in [3.05, 3.63) is 35.1 Å². The van der Waals surface area contributed by atoms with Gasteiger partial charge in [-0.25, -0.2) is 13.2 Å². The van der Waals surface area contributed by atoms with Crippen molar-refractivity contribution in [2.75, 3.05) is 20.3 Å². The van der Waals surface area contributed by atoms with Gasteiger partial charge in [0, 0.05) is 31.4 Å². The lowest BCUT2D eigenvalue weighted by atomic mass is 10.1. The molecule has 0 fully saturated rings. The number of amides is 1. The first-order chi connectivity index (χ1) is 8.04. The maximum atomic E-state index is 13.2. The SMILES string of the molecule is COCC(=O)NCCc1c(F)cc(F)cc1F. The lowest BCUT2D eigenvalue weighted by Crippen LogP contribution is -2.29. The fourth-order valence-electron chi connectivity index (χ4n) is 1.32. The van der Waals surface area contributed by atoms with Crippen molar-refractivity contribution in [3.8, 4) is 0 Å². The van der Waals surface area contributed by atoms with Crippen molar-refractivity contribution in [1.29, 1.82) is 0 Å². The maximum absolute atomic E-state index is 13.2. The molecule has 0 bridgehead atoms. The molecule has 1 rings (SSSR count). The minimum atomic E-state index is -0.966. The van der Waals surface area contributed by atoms with Crippen LogP contribution in [0.15, 0.2) is 12.1 Å². The molecule has 3 nitrogen and oxygen atoms in total. The van der Waals surface area contributed by atoms with Crippen LogP contribution in [0.4, 0.5) is 13.2 Å². The lowest BCUT2D eigenvalue weighted by Gasteiger charge is -2.06. The summed E-state index contributed by atoms with van der Waals surface area (Å²) >= 11 is 0. The molecule has 0 heterocycles. The van der Waals surface area contributed by atoms with Crippen LogP contribution in [0.25, 0.3) is 0 Å². The summed E-state index contributed by atoms with van der Waals surface area (Å²) in [5.74, 6) is -3.26. The van der Waals surface area contributed by atoms with E-state index in [9.17, 15) is 18.0 Å². The number of hydrogen-bond acceptors (Lipinski definition) is 2. The minimum Gasteiger partial charge on any atom is -0.375 e. The van der Waals surface area contributed by atoms with Gasteiger partial charge in [-0.05, 0) is 6.42 Å². The van der Waals surface area contributed by atoms with E-state index in [1.165, 1.54) is 7.11 Å². The van der Waals surface area contributed by atoms with Crippen LogP contribution in [0, 0.1) is 17.5 Å². The Morgan fingerprint density at radius 3 is 2.41 bits per heavy atom. The summed E-state index contributed by atoms with van der Waals surface area (Å²) < 4.78 is 43.5. The number of carbonyl (C=O) groups excluding carboxylic acids is 1. The summed E-state index contributed by atoms with van der Waals surface area (Å²) in [5.41, 5.74) is -0.246. The van der Waals surface area contributed by atoms with E-state index in [1.807, 2.05) is 0 Å². The van der Waals surface area contributed by atoms with Crippen LogP contribution in [-0.2, 0) is 16.0 Å². The van der Waals surface area contributed by atoms with Crippen LogP contribution in [0.1, 0.15) is 5.56 Å². The first-order valence-electron chi connectivity index (χ1n) is 4.93. The van der Waals surface area contributed by atoms with Gasteiger partial charge in [-0.3, -0.25) is 4.79 Å². The highest BCUT2D eigenvalue weighted by molar-refractivity contribution is 5.77. The Hall–Kier alpha value is -1.56. The molecule has 17 heavy (non-hydrogen) atoms. The number of halogens is 3. The first-order valence-corrected chi connectivity index (χ1v) is 4.93. The largest absolute Gasteiger partial charge is 0.375 e. The highest BCUT2D eigenvalue weighted by Crippen LogP contribution is 2.14. The van der Waals surface area contributed by atoms with Gasteiger partial charge in [0.2, 0.25) is 5.91 Å². The van der Waals surface area contributed by atoms with Crippen LogP contribution >= 0.6 is 0 Å². The summed E-state index contributed by atoms with van der Waals surface area (Å²) in [5, 5.41) is 2.41. The first kappa shape index (κ1) is 13.5. The van der Waals surface area contributed by atoms with E-state index in [4.69, 9.17) is 0 Å². The van der Waals surface area contributed by atoms with E-state index < -0.39 is 17.5 Å². The average Bonchev–Trinajstić information content (AvgIpc) is 2.22. The predicted octanol–water partition coefficient (Wildman–Crippen LogP) is 1.41. The molecule has 1 aromatic carbocycles. The zero-order chi connectivity index (χ0) is 12.8. The number of benzene rings is 1. The Morgan fingerprint density at radius 2 is 1.88 bits per heavy atom. The molecule has 0 aromatic heterocycles. The van der Waals surface area contributed by atoms with Gasteiger partial charge in [0.1, 0.15) is 24.1 Å². The van der Waals surface area contributed by atoms with Crippen molar-refractivity contribution in [2.24, 2.45) is 0 Å². The molecule has 6 heteroatoms. The zero-order valence-corrected chi connectivity index (χ0v) is 9.23. The number of ether oxygens (including phenoxy) is 1. The van der Waals surface area contributed by atoms with Gasteiger partial charge in [-0.15, -0.1) is 0 Å². The smallest absolute Gasteiger partial charge is 0.245 e. The molecule has 1 aromatic rings. The van der Waals surface area contributed by atoms with E-state index in [0.29, 0.717) is 12.1 Å². The van der Waals surface area contributed by atoms with Crippen molar-refractivity contribution >= 4 is 5.91 Å². The maximum Gasteiger partial charge on any atom is 0.245 e. The Kier molecular flexibility index (Phi) is 4.96. The molecule has 0 atom stereocenters. The molecule has 0 spiro atoms. The topological polar surface area (TPSA) is 38.3 Å². The fourth-order valence-corrected chi connectivity index (χ4v) is 1.32. The Labute approximate surface area is 96.6 Å². The van der Waals surface area contributed by atoms with Gasteiger partial charge in [-0.2, -0.15) is 0 Å². The second-order valence-electron chi connectivity index (χ2n) is 3.38. The molecule has 0 aliphatic carbocycles. The molecule has 0 saturated heterocycles. The van der Waals surface area contributed by atoms with Crippen molar-refractivity contribution in [1.82, 2.24) is 5.32 Å². The van der Waals surface area contributed by atoms with Gasteiger partial charge in [0.15, 0.2) is 0 Å². The third kappa shape index (κ3) is 4.07. The molecule has 0 radical (unpaired) electrons. The van der Waals surface area contributed by atoms with Crippen molar-refractivity contribution in [2.45, 2.75) is 6.42 Å². The van der Waals surface area contributed by atoms with Crippen LogP contribution in [0.2, 0.25) is 0 Å². The molecular weight excluding hydrogens is 235 g/mol. The Bertz CT molecular complexity index is 387. The minimum absolute atomic E-state index is 0.0482. The zero-order valence-electron chi connectivity index (χ0n) is 9.23. The van der Waals surface area contributed by atoms with Gasteiger partial charge < -0.3 is 10.1 Å². The predicted molar refractivity (Wildman–Crippen MR) is 54.9 cm³/mol. The van der Waals surface area contributed by atoms with E-state index >= 15 is 0 Å². The molecule has 94 valence electrons. The van der Waals surface area contributed by atoms with E-state index in [0.717, 1.165) is 0 Å². The quantitative estimate of drug-likeness (QED) is 0.854. The number of rotatable bonds is 5. The van der Waals surface area contributed by atoms with Crippen LogP contribution in [0.3, 0.4) is 0 Å². The number of methoxy groups -OCH3 is 1. The number of nitrogens with one attached hydrogen (secondary N) is 1. The van der Waals surface area contributed by atoms with Crippen LogP contribution in [0.5, 0.6) is 0 Å². The molecule has 0 aliphatic rings. The standard InChI is InChI=1S/C11H12F3NO2/c1-17-6-11(16)15-3-2-8-9(13)4-7(12)5-10(8)14/h4-5H,2-3,6H2,1H3,(H,15,16). The third-order valence-corrected chi connectivity index (χ3v) is 2.08. The fraction of sp³-hybridized carbons (Fsp3) is 0.364. The summed E-state index contributed by atoms with van der Waals surface area (Å²) in [7, 11) is 1.36. The Balaban J connectivity index is 2.55. The molecule has 0 unspecified atom stereocenters.